The summed E-state index contributed by atoms with van der Waals surface area (Å²) in [7, 11) is 2.66. The lowest BCUT2D eigenvalue weighted by Gasteiger charge is -2.22. The van der Waals surface area contributed by atoms with Crippen LogP contribution in [0.3, 0.4) is 0 Å². The van der Waals surface area contributed by atoms with Gasteiger partial charge in [0.15, 0.2) is 0 Å². The molecule has 40 heavy (non-hydrogen) atoms. The van der Waals surface area contributed by atoms with Crippen molar-refractivity contribution in [2.45, 2.75) is 129 Å². The highest BCUT2D eigenvalue weighted by molar-refractivity contribution is 5.71. The molecule has 0 heterocycles. The van der Waals surface area contributed by atoms with Crippen LogP contribution in [0.5, 0.6) is 0 Å². The van der Waals surface area contributed by atoms with E-state index in [4.69, 9.17) is 10.3 Å². The maximum atomic E-state index is 11.4. The number of unbranched alkanes of at least 4 members (excludes halogenated alkanes) is 4. The van der Waals surface area contributed by atoms with Crippen molar-refractivity contribution in [2.75, 3.05) is 14.2 Å². The molecule has 0 aromatic carbocycles. The van der Waals surface area contributed by atoms with Gasteiger partial charge in [0.25, 0.3) is 0 Å². The molecule has 0 aliphatic carbocycles. The maximum absolute atomic E-state index is 11.4. The van der Waals surface area contributed by atoms with E-state index in [0.717, 1.165) is 38.5 Å². The van der Waals surface area contributed by atoms with Crippen LogP contribution in [0, 0.1) is 0 Å². The first-order valence-electron chi connectivity index (χ1n) is 14.2. The molecule has 0 rings (SSSR count). The molecule has 4 unspecified atom stereocenters. The molecule has 0 saturated carbocycles. The summed E-state index contributed by atoms with van der Waals surface area (Å²) in [6.45, 7) is 5.92. The van der Waals surface area contributed by atoms with Gasteiger partial charge in [-0.05, 0) is 37.6 Å². The molecule has 4 atom stereocenters. The van der Waals surface area contributed by atoms with Crippen molar-refractivity contribution in [1.29, 1.82) is 0 Å². The third-order valence-corrected chi connectivity index (χ3v) is 5.95. The second-order valence-electron chi connectivity index (χ2n) is 9.26. The normalized spacial score (nSPS) is 13.9. The summed E-state index contributed by atoms with van der Waals surface area (Å²) in [5, 5.41) is 23.7. The fraction of sp³-hybridized carbons (Fsp3) is 0.759. The Morgan fingerprint density at radius 1 is 0.775 bits per heavy atom. The summed E-state index contributed by atoms with van der Waals surface area (Å²) in [4.78, 5) is 36.0. The lowest BCUT2D eigenvalue weighted by atomic mass is 10.0. The Bertz CT molecular complexity index is 781. The number of carbonyl (C=O) groups is 3. The van der Waals surface area contributed by atoms with Crippen molar-refractivity contribution in [3.05, 3.63) is 34.7 Å². The highest BCUT2D eigenvalue weighted by atomic mass is 16.6. The molecule has 230 valence electrons. The van der Waals surface area contributed by atoms with Gasteiger partial charge in [-0.3, -0.25) is 14.4 Å². The lowest BCUT2D eigenvalue weighted by Crippen LogP contribution is -2.31. The van der Waals surface area contributed by atoms with Crippen LogP contribution in [-0.4, -0.2) is 66.7 Å². The van der Waals surface area contributed by atoms with Gasteiger partial charge >= 0.3 is 17.9 Å². The Balaban J connectivity index is 0. The van der Waals surface area contributed by atoms with Crippen LogP contribution in [0.25, 0.3) is 10.4 Å². The summed E-state index contributed by atoms with van der Waals surface area (Å²) < 4.78 is 14.3. The maximum Gasteiger partial charge on any atom is 0.309 e. The molecule has 11 nitrogen and oxygen atoms in total. The van der Waals surface area contributed by atoms with Crippen LogP contribution >= 0.6 is 0 Å². The number of aliphatic hydroxyl groups excluding tert-OH is 2. The van der Waals surface area contributed by atoms with Gasteiger partial charge in [0.2, 0.25) is 0 Å². The Kier molecular flexibility index (Phi) is 27.2. The number of methoxy groups -OCH3 is 2. The Morgan fingerprint density at radius 3 is 1.73 bits per heavy atom. The van der Waals surface area contributed by atoms with E-state index >= 15 is 0 Å². The third-order valence-electron chi connectivity index (χ3n) is 5.95. The third kappa shape index (κ3) is 23.0. The van der Waals surface area contributed by atoms with Gasteiger partial charge in [-0.25, -0.2) is 0 Å². The number of ether oxygens (including phenoxy) is 3. The number of aliphatic hydroxyl groups is 2. The van der Waals surface area contributed by atoms with E-state index < -0.39 is 24.4 Å². The SMILES string of the molecule is CCCCCC(N=[N+]=[N-])C(O)C/C=C/CC(=O)OC.CCCCCC(OC(=O)CC)C(O)C/C=C/CC(=O)OC. The predicted octanol–water partition coefficient (Wildman–Crippen LogP) is 5.87. The van der Waals surface area contributed by atoms with E-state index in [1.165, 1.54) is 14.2 Å². The first kappa shape index (κ1) is 39.3. The van der Waals surface area contributed by atoms with Crippen LogP contribution < -0.4 is 0 Å². The number of azide groups is 1. The standard InChI is InChI=1S/C16H28O5.C13H23N3O3/c1-4-6-7-11-14(21-15(18)5-2)13(17)10-8-9-12-16(19)20-3;1-3-4-5-8-11(15-16-14)12(17)9-6-7-10-13(18)19-2/h8-9,13-14,17H,4-7,10-12H2,1-3H3;6-7,11-12,17H,3-5,8-10H2,1-2H3/b9-8+;7-6+. The van der Waals surface area contributed by atoms with Gasteiger partial charge in [-0.2, -0.15) is 0 Å². The molecule has 2 N–H and O–H groups in total. The average Bonchev–Trinajstić information content (AvgIpc) is 2.96. The van der Waals surface area contributed by atoms with E-state index in [1.807, 2.05) is 0 Å². The van der Waals surface area contributed by atoms with E-state index in [9.17, 15) is 24.6 Å². The quantitative estimate of drug-likeness (QED) is 0.0329. The van der Waals surface area contributed by atoms with Gasteiger partial charge in [0.05, 0.1) is 45.3 Å². The summed E-state index contributed by atoms with van der Waals surface area (Å²) in [5.41, 5.74) is 8.49. The zero-order chi connectivity index (χ0) is 30.6. The topological polar surface area (TPSA) is 168 Å². The molecule has 11 heteroatoms. The van der Waals surface area contributed by atoms with E-state index in [2.05, 4.69) is 33.3 Å². The van der Waals surface area contributed by atoms with Crippen LogP contribution in [0.2, 0.25) is 0 Å². The molecular weight excluding hydrogens is 518 g/mol. The Labute approximate surface area is 239 Å². The summed E-state index contributed by atoms with van der Waals surface area (Å²) in [5.74, 6) is -0.938. The van der Waals surface area contributed by atoms with Crippen LogP contribution in [-0.2, 0) is 28.6 Å². The van der Waals surface area contributed by atoms with Crippen molar-refractivity contribution >= 4 is 17.9 Å². The minimum atomic E-state index is -0.744. The van der Waals surface area contributed by atoms with Gasteiger partial charge in [-0.1, -0.05) is 82.3 Å². The van der Waals surface area contributed by atoms with Crippen molar-refractivity contribution in [3.8, 4) is 0 Å². The van der Waals surface area contributed by atoms with Gasteiger partial charge in [0, 0.05) is 11.3 Å². The molecule has 0 fully saturated rings. The zero-order valence-corrected chi connectivity index (χ0v) is 25.0. The van der Waals surface area contributed by atoms with Crippen LogP contribution in [0.4, 0.5) is 0 Å². The van der Waals surface area contributed by atoms with Crippen LogP contribution in [0.1, 0.15) is 104 Å². The summed E-state index contributed by atoms with van der Waals surface area (Å²) >= 11 is 0. The van der Waals surface area contributed by atoms with E-state index in [0.29, 0.717) is 32.1 Å². The molecule has 0 saturated heterocycles. The highest BCUT2D eigenvalue weighted by Crippen LogP contribution is 2.15. The number of rotatable bonds is 21. The van der Waals surface area contributed by atoms with E-state index in [-0.39, 0.29) is 30.7 Å². The minimum absolute atomic E-state index is 0.179. The Morgan fingerprint density at radius 2 is 1.27 bits per heavy atom. The number of nitrogens with zero attached hydrogens (tertiary/aromatic N) is 3. The lowest BCUT2D eigenvalue weighted by molar-refractivity contribution is -0.155. The molecule has 0 aliphatic rings. The molecule has 0 amide bonds. The number of hydrogen-bond donors (Lipinski definition) is 2. The fourth-order valence-corrected chi connectivity index (χ4v) is 3.48. The van der Waals surface area contributed by atoms with Crippen LogP contribution in [0.15, 0.2) is 29.4 Å². The summed E-state index contributed by atoms with van der Waals surface area (Å²) in [6, 6.07) is -0.403. The largest absolute Gasteiger partial charge is 0.469 e. The highest BCUT2D eigenvalue weighted by Gasteiger charge is 2.21. The molecule has 0 spiro atoms. The van der Waals surface area contributed by atoms with Crippen molar-refractivity contribution in [3.63, 3.8) is 0 Å². The fourth-order valence-electron chi connectivity index (χ4n) is 3.48. The number of carbonyl (C=O) groups excluding carboxylic acids is 3. The van der Waals surface area contributed by atoms with Gasteiger partial charge in [-0.15, -0.1) is 0 Å². The first-order valence-corrected chi connectivity index (χ1v) is 14.2. The molecule has 0 bridgehead atoms. The predicted molar refractivity (Wildman–Crippen MR) is 154 cm³/mol. The van der Waals surface area contributed by atoms with Crippen molar-refractivity contribution in [1.82, 2.24) is 0 Å². The Hall–Kier alpha value is -2.88. The molecular formula is C29H51N3O8. The second-order valence-corrected chi connectivity index (χ2v) is 9.26. The molecule has 0 radical (unpaired) electrons. The van der Waals surface area contributed by atoms with Crippen molar-refractivity contribution < 1.29 is 38.8 Å². The monoisotopic (exact) mass is 569 g/mol. The van der Waals surface area contributed by atoms with Crippen molar-refractivity contribution in [2.24, 2.45) is 5.11 Å². The minimum Gasteiger partial charge on any atom is -0.469 e. The van der Waals surface area contributed by atoms with Gasteiger partial charge < -0.3 is 24.4 Å². The summed E-state index contributed by atoms with van der Waals surface area (Å²) in [6.07, 6.45) is 13.6. The number of hydrogen-bond acceptors (Lipinski definition) is 9. The first-order chi connectivity index (χ1) is 19.2. The van der Waals surface area contributed by atoms with E-state index in [1.54, 1.807) is 31.2 Å². The second kappa shape index (κ2) is 27.7. The molecule has 0 aliphatic heterocycles. The average molecular weight is 570 g/mol. The zero-order valence-electron chi connectivity index (χ0n) is 25.0. The smallest absolute Gasteiger partial charge is 0.309 e. The number of esters is 3. The molecule has 0 aromatic heterocycles. The van der Waals surface area contributed by atoms with Gasteiger partial charge in [0.1, 0.15) is 6.10 Å². The molecule has 0 aromatic rings.